The molecule has 0 saturated heterocycles. The Morgan fingerprint density at radius 2 is 2.04 bits per heavy atom. The summed E-state index contributed by atoms with van der Waals surface area (Å²) in [4.78, 5) is 26.8. The molecule has 0 unspecified atom stereocenters. The Hall–Kier alpha value is -3.15. The topological polar surface area (TPSA) is 79.8 Å². The van der Waals surface area contributed by atoms with Crippen molar-refractivity contribution in [3.8, 4) is 0 Å². The normalized spacial score (nSPS) is 11.9. The summed E-state index contributed by atoms with van der Waals surface area (Å²) in [5.74, 6) is -0.287. The molecule has 6 nitrogen and oxygen atoms in total. The highest BCUT2D eigenvalue weighted by Crippen LogP contribution is 2.15. The minimum absolute atomic E-state index is 0.252. The fraction of sp³-hybridized carbons (Fsp3) is 0.167. The number of pyridine rings is 1. The van der Waals surface area contributed by atoms with Crippen LogP contribution in [0.1, 0.15) is 27.7 Å². The van der Waals surface area contributed by atoms with Crippen molar-refractivity contribution in [3.05, 3.63) is 88.1 Å². The van der Waals surface area contributed by atoms with Crippen LogP contribution < -0.4 is 10.9 Å². The summed E-state index contributed by atoms with van der Waals surface area (Å²) in [5.41, 5.74) is 1.68. The van der Waals surface area contributed by atoms with Crippen molar-refractivity contribution in [2.75, 3.05) is 0 Å². The van der Waals surface area contributed by atoms with E-state index in [2.05, 4.69) is 15.4 Å². The first-order valence-corrected chi connectivity index (χ1v) is 7.66. The van der Waals surface area contributed by atoms with Crippen LogP contribution in [0.15, 0.2) is 65.7 Å². The number of aryl methyl sites for hydroxylation is 1. The highest BCUT2D eigenvalue weighted by atomic mass is 16.2. The standard InChI is InChI=1S/C18H18N4O2/c1-13-10-15(11-17(23)20-13)18(24)21-16(12-22-9-5-8-19-22)14-6-3-2-4-7-14/h2-11,16H,12H2,1H3,(H,20,23)(H,21,24)/t16-/m1/s1. The lowest BCUT2D eigenvalue weighted by molar-refractivity contribution is 0.0931. The van der Waals surface area contributed by atoms with Gasteiger partial charge in [0.2, 0.25) is 5.56 Å². The number of benzene rings is 1. The van der Waals surface area contributed by atoms with Gasteiger partial charge in [-0.05, 0) is 24.6 Å². The van der Waals surface area contributed by atoms with Crippen molar-refractivity contribution in [3.63, 3.8) is 0 Å². The molecule has 0 aliphatic carbocycles. The molecule has 0 radical (unpaired) electrons. The van der Waals surface area contributed by atoms with Gasteiger partial charge in [0.25, 0.3) is 5.91 Å². The minimum Gasteiger partial charge on any atom is -0.343 e. The zero-order chi connectivity index (χ0) is 16.9. The largest absolute Gasteiger partial charge is 0.343 e. The summed E-state index contributed by atoms with van der Waals surface area (Å²) in [6, 6.07) is 14.2. The Morgan fingerprint density at radius 1 is 1.25 bits per heavy atom. The van der Waals surface area contributed by atoms with E-state index in [1.807, 2.05) is 42.6 Å². The lowest BCUT2D eigenvalue weighted by atomic mass is 10.1. The fourth-order valence-corrected chi connectivity index (χ4v) is 2.57. The molecule has 0 bridgehead atoms. The van der Waals surface area contributed by atoms with E-state index >= 15 is 0 Å². The smallest absolute Gasteiger partial charge is 0.252 e. The van der Waals surface area contributed by atoms with Crippen LogP contribution in [0.5, 0.6) is 0 Å². The molecule has 1 aromatic carbocycles. The molecule has 2 heterocycles. The summed E-state index contributed by atoms with van der Waals surface area (Å²) in [6.07, 6.45) is 3.55. The molecule has 3 aromatic rings. The Kier molecular flexibility index (Phi) is 4.56. The monoisotopic (exact) mass is 322 g/mol. The predicted octanol–water partition coefficient (Wildman–Crippen LogP) is 2.05. The van der Waals surface area contributed by atoms with Gasteiger partial charge in [-0.3, -0.25) is 14.3 Å². The van der Waals surface area contributed by atoms with Gasteiger partial charge in [-0.25, -0.2) is 0 Å². The van der Waals surface area contributed by atoms with Gasteiger partial charge in [-0.1, -0.05) is 30.3 Å². The van der Waals surface area contributed by atoms with Crippen LogP contribution >= 0.6 is 0 Å². The van der Waals surface area contributed by atoms with Crippen LogP contribution in [0, 0.1) is 6.92 Å². The van der Waals surface area contributed by atoms with Crippen LogP contribution in [0.2, 0.25) is 0 Å². The maximum atomic E-state index is 12.6. The van der Waals surface area contributed by atoms with Gasteiger partial charge < -0.3 is 10.3 Å². The van der Waals surface area contributed by atoms with Gasteiger partial charge in [-0.2, -0.15) is 5.10 Å². The van der Waals surface area contributed by atoms with E-state index in [0.717, 1.165) is 5.56 Å². The van der Waals surface area contributed by atoms with Gasteiger partial charge >= 0.3 is 0 Å². The zero-order valence-corrected chi connectivity index (χ0v) is 13.3. The molecule has 0 aliphatic rings. The third kappa shape index (κ3) is 3.78. The lowest BCUT2D eigenvalue weighted by Crippen LogP contribution is -2.32. The van der Waals surface area contributed by atoms with Crippen LogP contribution in [-0.4, -0.2) is 20.7 Å². The summed E-state index contributed by atoms with van der Waals surface area (Å²) >= 11 is 0. The van der Waals surface area contributed by atoms with Crippen molar-refractivity contribution in [2.24, 2.45) is 0 Å². The Labute approximate surface area is 139 Å². The quantitative estimate of drug-likeness (QED) is 0.754. The third-order valence-electron chi connectivity index (χ3n) is 3.68. The number of hydrogen-bond acceptors (Lipinski definition) is 3. The van der Waals surface area contributed by atoms with Gasteiger partial charge in [0.15, 0.2) is 0 Å². The first kappa shape index (κ1) is 15.7. The number of nitrogens with zero attached hydrogens (tertiary/aromatic N) is 2. The van der Waals surface area contributed by atoms with Gasteiger partial charge in [0, 0.05) is 29.7 Å². The van der Waals surface area contributed by atoms with Crippen molar-refractivity contribution in [1.82, 2.24) is 20.1 Å². The minimum atomic E-state index is -0.288. The second kappa shape index (κ2) is 6.95. The van der Waals surface area contributed by atoms with Crippen LogP contribution in [0.25, 0.3) is 0 Å². The van der Waals surface area contributed by atoms with Crippen LogP contribution in [0.4, 0.5) is 0 Å². The molecule has 0 fully saturated rings. The summed E-state index contributed by atoms with van der Waals surface area (Å²) in [5, 5.41) is 7.19. The van der Waals surface area contributed by atoms with Crippen LogP contribution in [-0.2, 0) is 6.54 Å². The van der Waals surface area contributed by atoms with E-state index in [-0.39, 0.29) is 17.5 Å². The summed E-state index contributed by atoms with van der Waals surface area (Å²) in [7, 11) is 0. The number of aromatic amines is 1. The number of hydrogen-bond donors (Lipinski definition) is 2. The van der Waals surface area contributed by atoms with E-state index in [9.17, 15) is 9.59 Å². The van der Waals surface area contributed by atoms with E-state index in [4.69, 9.17) is 0 Å². The van der Waals surface area contributed by atoms with Crippen molar-refractivity contribution >= 4 is 5.91 Å². The molecule has 1 amide bonds. The second-order valence-corrected chi connectivity index (χ2v) is 5.58. The Morgan fingerprint density at radius 3 is 2.71 bits per heavy atom. The maximum Gasteiger partial charge on any atom is 0.252 e. The van der Waals surface area contributed by atoms with Gasteiger partial charge in [-0.15, -0.1) is 0 Å². The average molecular weight is 322 g/mol. The highest BCUT2D eigenvalue weighted by Gasteiger charge is 2.17. The van der Waals surface area contributed by atoms with Crippen molar-refractivity contribution in [1.29, 1.82) is 0 Å². The fourth-order valence-electron chi connectivity index (χ4n) is 2.57. The Balaban J connectivity index is 1.85. The molecule has 2 aromatic heterocycles. The first-order valence-electron chi connectivity index (χ1n) is 7.66. The molecule has 6 heteroatoms. The van der Waals surface area contributed by atoms with Gasteiger partial charge in [0.05, 0.1) is 12.6 Å². The Bertz CT molecular complexity index is 870. The second-order valence-electron chi connectivity index (χ2n) is 5.58. The number of amides is 1. The summed E-state index contributed by atoms with van der Waals surface area (Å²) in [6.45, 7) is 2.25. The molecule has 122 valence electrons. The number of rotatable bonds is 5. The highest BCUT2D eigenvalue weighted by molar-refractivity contribution is 5.94. The molecule has 0 aliphatic heterocycles. The zero-order valence-electron chi connectivity index (χ0n) is 13.3. The molecule has 1 atom stereocenters. The summed E-state index contributed by atoms with van der Waals surface area (Å²) < 4.78 is 1.76. The number of carbonyl (C=O) groups excluding carboxylic acids is 1. The van der Waals surface area contributed by atoms with Gasteiger partial charge in [0.1, 0.15) is 0 Å². The van der Waals surface area contributed by atoms with Crippen molar-refractivity contribution in [2.45, 2.75) is 19.5 Å². The number of aromatic nitrogens is 3. The molecule has 0 spiro atoms. The molecular weight excluding hydrogens is 304 g/mol. The van der Waals surface area contributed by atoms with Crippen molar-refractivity contribution < 1.29 is 4.79 Å². The van der Waals surface area contributed by atoms with E-state index in [0.29, 0.717) is 17.8 Å². The van der Waals surface area contributed by atoms with E-state index in [1.54, 1.807) is 23.9 Å². The van der Waals surface area contributed by atoms with E-state index < -0.39 is 0 Å². The molecule has 0 saturated carbocycles. The molecular formula is C18H18N4O2. The third-order valence-corrected chi connectivity index (χ3v) is 3.68. The molecule has 24 heavy (non-hydrogen) atoms. The number of carbonyl (C=O) groups is 1. The van der Waals surface area contributed by atoms with Crippen LogP contribution in [0.3, 0.4) is 0 Å². The van der Waals surface area contributed by atoms with E-state index in [1.165, 1.54) is 6.07 Å². The number of nitrogens with one attached hydrogen (secondary N) is 2. The number of H-pyrrole nitrogens is 1. The lowest BCUT2D eigenvalue weighted by Gasteiger charge is -2.19. The average Bonchev–Trinajstić information content (AvgIpc) is 3.07. The maximum absolute atomic E-state index is 12.6. The molecule has 2 N–H and O–H groups in total. The predicted molar refractivity (Wildman–Crippen MR) is 90.7 cm³/mol. The molecule has 3 rings (SSSR count). The SMILES string of the molecule is Cc1cc(C(=O)N[C@H](Cn2cccn2)c2ccccc2)cc(=O)[nH]1. The first-order chi connectivity index (χ1) is 11.6.